The minimum atomic E-state index is -0.278. The van der Waals surface area contributed by atoms with Gasteiger partial charge in [-0.3, -0.25) is 4.79 Å². The van der Waals surface area contributed by atoms with E-state index in [-0.39, 0.29) is 17.9 Å². The molecule has 2 heterocycles. The average molecular weight is 315 g/mol. The maximum absolute atomic E-state index is 12.6. The summed E-state index contributed by atoms with van der Waals surface area (Å²) in [5.41, 5.74) is 3.26. The second kappa shape index (κ2) is 5.29. The van der Waals surface area contributed by atoms with Crippen molar-refractivity contribution in [3.63, 3.8) is 0 Å². The third-order valence-electron chi connectivity index (χ3n) is 4.38. The molecule has 4 rings (SSSR count). The molecule has 112 valence electrons. The van der Waals surface area contributed by atoms with Gasteiger partial charge < -0.3 is 10.1 Å². The number of rotatable bonds is 2. The van der Waals surface area contributed by atoms with Crippen LogP contribution in [0.15, 0.2) is 36.5 Å². The van der Waals surface area contributed by atoms with Gasteiger partial charge in [-0.25, -0.2) is 4.98 Å². The Bertz CT molecular complexity index is 747. The number of ether oxygens (including phenoxy) is 1. The molecule has 2 atom stereocenters. The van der Waals surface area contributed by atoms with Crippen molar-refractivity contribution in [3.05, 3.63) is 58.2 Å². The van der Waals surface area contributed by atoms with Crippen LogP contribution in [0.25, 0.3) is 0 Å². The lowest BCUT2D eigenvalue weighted by atomic mass is 10.0. The van der Waals surface area contributed by atoms with E-state index in [4.69, 9.17) is 16.3 Å². The van der Waals surface area contributed by atoms with E-state index < -0.39 is 0 Å². The van der Waals surface area contributed by atoms with Crippen molar-refractivity contribution in [2.45, 2.75) is 24.8 Å². The fourth-order valence-corrected chi connectivity index (χ4v) is 3.46. The first-order valence-corrected chi connectivity index (χ1v) is 7.76. The van der Waals surface area contributed by atoms with Crippen LogP contribution in [0.4, 0.5) is 0 Å². The minimum absolute atomic E-state index is 0.000417. The molecule has 1 aliphatic carbocycles. The lowest BCUT2D eigenvalue weighted by Gasteiger charge is -2.17. The van der Waals surface area contributed by atoms with E-state index in [1.54, 1.807) is 6.20 Å². The van der Waals surface area contributed by atoms with Gasteiger partial charge in [0.2, 0.25) is 11.8 Å². The first-order chi connectivity index (χ1) is 10.7. The topological polar surface area (TPSA) is 51.2 Å². The van der Waals surface area contributed by atoms with Gasteiger partial charge in [-0.15, -0.1) is 0 Å². The van der Waals surface area contributed by atoms with Gasteiger partial charge in [0.05, 0.1) is 6.04 Å². The predicted octanol–water partition coefficient (Wildman–Crippen LogP) is 3.01. The summed E-state index contributed by atoms with van der Waals surface area (Å²) < 4.78 is 5.49. The van der Waals surface area contributed by atoms with Crippen LogP contribution in [0.5, 0.6) is 5.88 Å². The number of carbonyl (C=O) groups excluding carboxylic acids is 1. The van der Waals surface area contributed by atoms with Crippen LogP contribution >= 0.6 is 11.6 Å². The van der Waals surface area contributed by atoms with Crippen LogP contribution < -0.4 is 10.1 Å². The van der Waals surface area contributed by atoms with Crippen LogP contribution in [0, 0.1) is 0 Å². The lowest BCUT2D eigenvalue weighted by Crippen LogP contribution is -2.32. The fourth-order valence-electron chi connectivity index (χ4n) is 3.27. The monoisotopic (exact) mass is 314 g/mol. The molecule has 0 radical (unpaired) electrons. The average Bonchev–Trinajstić information content (AvgIpc) is 3.11. The van der Waals surface area contributed by atoms with Gasteiger partial charge in [-0.1, -0.05) is 23.7 Å². The molecule has 1 amide bonds. The largest absolute Gasteiger partial charge is 0.476 e. The quantitative estimate of drug-likeness (QED) is 0.927. The summed E-state index contributed by atoms with van der Waals surface area (Å²) in [6, 6.07) is 9.67. The number of carbonyl (C=O) groups is 1. The highest BCUT2D eigenvalue weighted by Gasteiger charge is 2.33. The molecule has 2 aliphatic rings. The summed E-state index contributed by atoms with van der Waals surface area (Å²) >= 11 is 6.03. The van der Waals surface area contributed by atoms with Crippen LogP contribution in [0.3, 0.4) is 0 Å². The molecule has 1 aromatic carbocycles. The number of benzene rings is 1. The highest BCUT2D eigenvalue weighted by Crippen LogP contribution is 2.35. The number of nitrogens with one attached hydrogen (secondary N) is 1. The van der Waals surface area contributed by atoms with E-state index in [0.717, 1.165) is 23.4 Å². The molecule has 0 bridgehead atoms. The smallest absolute Gasteiger partial charge is 0.231 e. The van der Waals surface area contributed by atoms with Crippen molar-refractivity contribution < 1.29 is 9.53 Å². The molecule has 0 fully saturated rings. The van der Waals surface area contributed by atoms with Crippen LogP contribution in [0.1, 0.15) is 35.1 Å². The van der Waals surface area contributed by atoms with Crippen LogP contribution in [-0.4, -0.2) is 17.5 Å². The number of nitrogens with zero attached hydrogens (tertiary/aromatic N) is 1. The number of halogens is 1. The Morgan fingerprint density at radius 2 is 2.23 bits per heavy atom. The third-order valence-corrected chi connectivity index (χ3v) is 4.61. The van der Waals surface area contributed by atoms with E-state index in [2.05, 4.69) is 10.3 Å². The number of aromatic nitrogens is 1. The van der Waals surface area contributed by atoms with Crippen molar-refractivity contribution in [3.8, 4) is 5.88 Å². The molecule has 4 nitrogen and oxygen atoms in total. The number of amides is 1. The standard InChI is InChI=1S/C17H15ClN2O2/c18-11-4-5-12-10(8-11)3-6-15(12)20-16(21)14-9-22-17-13(14)2-1-7-19-17/h1-2,4-5,7-8,14-15H,3,6,9H2,(H,20,21)/t14-,15+/m0/s1. The van der Waals surface area contributed by atoms with E-state index in [1.165, 1.54) is 11.1 Å². The summed E-state index contributed by atoms with van der Waals surface area (Å²) in [6.45, 7) is 0.359. The Kier molecular flexibility index (Phi) is 3.26. The first-order valence-electron chi connectivity index (χ1n) is 7.39. The Hall–Kier alpha value is -2.07. The summed E-state index contributed by atoms with van der Waals surface area (Å²) in [7, 11) is 0. The molecular formula is C17H15ClN2O2. The van der Waals surface area contributed by atoms with Crippen LogP contribution in [-0.2, 0) is 11.2 Å². The van der Waals surface area contributed by atoms with E-state index in [9.17, 15) is 4.79 Å². The molecule has 0 unspecified atom stereocenters. The molecule has 0 saturated carbocycles. The molecule has 22 heavy (non-hydrogen) atoms. The van der Waals surface area contributed by atoms with Gasteiger partial charge in [-0.2, -0.15) is 0 Å². The molecule has 2 aromatic rings. The van der Waals surface area contributed by atoms with Crippen LogP contribution in [0.2, 0.25) is 5.02 Å². The van der Waals surface area contributed by atoms with Gasteiger partial charge in [0.1, 0.15) is 12.5 Å². The second-order valence-corrected chi connectivity index (χ2v) is 6.14. The molecule has 0 spiro atoms. The minimum Gasteiger partial charge on any atom is -0.476 e. The highest BCUT2D eigenvalue weighted by atomic mass is 35.5. The number of fused-ring (bicyclic) bond motifs is 2. The van der Waals surface area contributed by atoms with Gasteiger partial charge in [0, 0.05) is 16.8 Å². The van der Waals surface area contributed by atoms with E-state index in [0.29, 0.717) is 12.5 Å². The maximum atomic E-state index is 12.6. The van der Waals surface area contributed by atoms with E-state index in [1.807, 2.05) is 30.3 Å². The van der Waals surface area contributed by atoms with Gasteiger partial charge >= 0.3 is 0 Å². The van der Waals surface area contributed by atoms with Crippen molar-refractivity contribution in [1.82, 2.24) is 10.3 Å². The first kappa shape index (κ1) is 13.6. The normalized spacial score (nSPS) is 21.9. The zero-order valence-corrected chi connectivity index (χ0v) is 12.6. The second-order valence-electron chi connectivity index (χ2n) is 5.70. The Balaban J connectivity index is 1.53. The zero-order chi connectivity index (χ0) is 15.1. The summed E-state index contributed by atoms with van der Waals surface area (Å²) in [6.07, 6.45) is 3.53. The van der Waals surface area contributed by atoms with Gasteiger partial charge in [0.15, 0.2) is 0 Å². The number of pyridine rings is 1. The fraction of sp³-hybridized carbons (Fsp3) is 0.294. The molecule has 1 aromatic heterocycles. The summed E-state index contributed by atoms with van der Waals surface area (Å²) in [5.74, 6) is 0.292. The SMILES string of the molecule is O=C(N[C@@H]1CCc2cc(Cl)ccc21)[C@H]1COc2ncccc21. The number of hydrogen-bond donors (Lipinski definition) is 1. The molecule has 1 N–H and O–H groups in total. The number of hydrogen-bond acceptors (Lipinski definition) is 3. The third kappa shape index (κ3) is 2.24. The maximum Gasteiger partial charge on any atom is 0.231 e. The van der Waals surface area contributed by atoms with E-state index >= 15 is 0 Å². The Morgan fingerprint density at radius 3 is 3.14 bits per heavy atom. The molecule has 0 saturated heterocycles. The van der Waals surface area contributed by atoms with Crippen molar-refractivity contribution in [2.75, 3.05) is 6.61 Å². The Morgan fingerprint density at radius 1 is 1.32 bits per heavy atom. The summed E-state index contributed by atoms with van der Waals surface area (Å²) in [4.78, 5) is 16.7. The zero-order valence-electron chi connectivity index (χ0n) is 11.9. The lowest BCUT2D eigenvalue weighted by molar-refractivity contribution is -0.123. The molecular weight excluding hydrogens is 300 g/mol. The molecule has 1 aliphatic heterocycles. The highest BCUT2D eigenvalue weighted by molar-refractivity contribution is 6.30. The van der Waals surface area contributed by atoms with Crippen molar-refractivity contribution in [1.29, 1.82) is 0 Å². The number of aryl methyl sites for hydroxylation is 1. The van der Waals surface area contributed by atoms with Gasteiger partial charge in [0.25, 0.3) is 0 Å². The van der Waals surface area contributed by atoms with Crippen molar-refractivity contribution in [2.24, 2.45) is 0 Å². The van der Waals surface area contributed by atoms with Gasteiger partial charge in [-0.05, 0) is 42.2 Å². The Labute approximate surface area is 133 Å². The molecule has 5 heteroatoms. The predicted molar refractivity (Wildman–Crippen MR) is 83.1 cm³/mol. The van der Waals surface area contributed by atoms with Crippen molar-refractivity contribution >= 4 is 17.5 Å². The summed E-state index contributed by atoms with van der Waals surface area (Å²) in [5, 5.41) is 3.89.